The maximum atomic E-state index is 13.0. The number of halogens is 2. The van der Waals surface area contributed by atoms with Crippen LogP contribution in [0.25, 0.3) is 0 Å². The minimum atomic E-state index is -0.0642. The molecule has 144 valence electrons. The highest BCUT2D eigenvalue weighted by Crippen LogP contribution is 2.29. The molecule has 0 aliphatic carbocycles. The van der Waals surface area contributed by atoms with Crippen molar-refractivity contribution in [2.45, 2.75) is 30.4 Å². The van der Waals surface area contributed by atoms with E-state index in [0.717, 1.165) is 48.2 Å². The summed E-state index contributed by atoms with van der Waals surface area (Å²) in [6.45, 7) is 7.30. The number of benzene rings is 2. The first-order valence-corrected chi connectivity index (χ1v) is 10.8. The van der Waals surface area contributed by atoms with Gasteiger partial charge in [-0.15, -0.1) is 11.8 Å². The van der Waals surface area contributed by atoms with E-state index in [2.05, 4.69) is 18.7 Å². The van der Waals surface area contributed by atoms with Crippen molar-refractivity contribution in [2.24, 2.45) is 0 Å². The zero-order chi connectivity index (χ0) is 19.4. The molecule has 1 heterocycles. The predicted octanol–water partition coefficient (Wildman–Crippen LogP) is 5.52. The number of piperazine rings is 1. The van der Waals surface area contributed by atoms with Crippen LogP contribution in [0, 0.1) is 6.92 Å². The van der Waals surface area contributed by atoms with E-state index in [-0.39, 0.29) is 11.2 Å². The molecule has 1 fully saturated rings. The summed E-state index contributed by atoms with van der Waals surface area (Å²) in [5, 5.41) is 1.40. The summed E-state index contributed by atoms with van der Waals surface area (Å²) >= 11 is 13.7. The van der Waals surface area contributed by atoms with E-state index in [4.69, 9.17) is 23.2 Å². The number of anilines is 1. The van der Waals surface area contributed by atoms with Crippen molar-refractivity contribution < 1.29 is 4.79 Å². The Hall–Kier alpha value is -1.36. The van der Waals surface area contributed by atoms with E-state index in [9.17, 15) is 4.79 Å². The normalized spacial score (nSPS) is 15.7. The third-order valence-corrected chi connectivity index (χ3v) is 6.69. The van der Waals surface area contributed by atoms with Gasteiger partial charge in [0.1, 0.15) is 0 Å². The van der Waals surface area contributed by atoms with Crippen LogP contribution in [0.2, 0.25) is 10.0 Å². The van der Waals surface area contributed by atoms with E-state index in [1.54, 1.807) is 11.8 Å². The fourth-order valence-corrected chi connectivity index (χ4v) is 4.61. The second kappa shape index (κ2) is 9.22. The van der Waals surface area contributed by atoms with Gasteiger partial charge in [0.25, 0.3) is 0 Å². The van der Waals surface area contributed by atoms with Crippen LogP contribution in [0.1, 0.15) is 18.9 Å². The number of carbonyl (C=O) groups is 1. The Balaban J connectivity index is 1.61. The lowest BCUT2D eigenvalue weighted by atomic mass is 10.1. The zero-order valence-corrected chi connectivity index (χ0v) is 17.9. The second-order valence-electron chi connectivity index (χ2n) is 6.71. The molecule has 0 saturated carbocycles. The van der Waals surface area contributed by atoms with Crippen molar-refractivity contribution in [2.75, 3.05) is 31.1 Å². The summed E-state index contributed by atoms with van der Waals surface area (Å²) in [6.07, 6.45) is 0.805. The maximum Gasteiger partial charge on any atom is 0.236 e. The molecular formula is C21H24Cl2N2OS. The highest BCUT2D eigenvalue weighted by Gasteiger charge is 2.27. The van der Waals surface area contributed by atoms with Crippen LogP contribution in [0.5, 0.6) is 0 Å². The Bertz CT molecular complexity index is 789. The van der Waals surface area contributed by atoms with Gasteiger partial charge in [-0.05, 0) is 55.3 Å². The van der Waals surface area contributed by atoms with Crippen molar-refractivity contribution >= 4 is 46.6 Å². The first-order chi connectivity index (χ1) is 13.0. The molecule has 0 N–H and O–H groups in total. The first-order valence-electron chi connectivity index (χ1n) is 9.20. The molecule has 27 heavy (non-hydrogen) atoms. The highest BCUT2D eigenvalue weighted by atomic mass is 35.5. The van der Waals surface area contributed by atoms with Gasteiger partial charge < -0.3 is 9.80 Å². The Morgan fingerprint density at radius 2 is 1.67 bits per heavy atom. The molecule has 0 aromatic heterocycles. The molecule has 1 saturated heterocycles. The van der Waals surface area contributed by atoms with Crippen LogP contribution in [0.15, 0.2) is 47.4 Å². The lowest BCUT2D eigenvalue weighted by Gasteiger charge is -2.38. The summed E-state index contributed by atoms with van der Waals surface area (Å²) in [7, 11) is 0. The second-order valence-corrected chi connectivity index (χ2v) is 8.86. The Kier molecular flexibility index (Phi) is 6.96. The summed E-state index contributed by atoms with van der Waals surface area (Å²) in [5.41, 5.74) is 2.38. The van der Waals surface area contributed by atoms with Crippen molar-refractivity contribution in [1.82, 2.24) is 4.90 Å². The molecule has 0 radical (unpaired) electrons. The molecule has 3 rings (SSSR count). The zero-order valence-electron chi connectivity index (χ0n) is 15.6. The molecule has 6 heteroatoms. The van der Waals surface area contributed by atoms with Gasteiger partial charge in [0.2, 0.25) is 5.91 Å². The van der Waals surface area contributed by atoms with E-state index in [1.165, 1.54) is 5.56 Å². The molecule has 1 atom stereocenters. The standard InChI is InChI=1S/C21H24Cl2N2OS/c1-3-20(27-18-8-6-16(22)7-9-18)21(26)25-12-10-24(11-13-25)19-14-17(23)5-4-15(19)2/h4-9,14,20H,3,10-13H2,1-2H3/t20-/m1/s1. The summed E-state index contributed by atoms with van der Waals surface area (Å²) in [6, 6.07) is 13.7. The number of amides is 1. The van der Waals surface area contributed by atoms with Gasteiger partial charge in [-0.25, -0.2) is 0 Å². The third kappa shape index (κ3) is 5.13. The number of thioether (sulfide) groups is 1. The monoisotopic (exact) mass is 422 g/mol. The average molecular weight is 423 g/mol. The fourth-order valence-electron chi connectivity index (χ4n) is 3.28. The Morgan fingerprint density at radius 1 is 1.04 bits per heavy atom. The Morgan fingerprint density at radius 3 is 2.30 bits per heavy atom. The van der Waals surface area contributed by atoms with Crippen LogP contribution >= 0.6 is 35.0 Å². The maximum absolute atomic E-state index is 13.0. The van der Waals surface area contributed by atoms with Crippen molar-refractivity contribution in [3.05, 3.63) is 58.1 Å². The average Bonchev–Trinajstić information content (AvgIpc) is 2.69. The molecule has 2 aromatic carbocycles. The lowest BCUT2D eigenvalue weighted by Crippen LogP contribution is -2.51. The lowest BCUT2D eigenvalue weighted by molar-refractivity contribution is -0.130. The van der Waals surface area contributed by atoms with Gasteiger partial charge in [-0.2, -0.15) is 0 Å². The smallest absolute Gasteiger partial charge is 0.236 e. The quantitative estimate of drug-likeness (QED) is 0.592. The van der Waals surface area contributed by atoms with Crippen LogP contribution in [0.3, 0.4) is 0 Å². The molecule has 0 spiro atoms. The van der Waals surface area contributed by atoms with Gasteiger partial charge in [-0.3, -0.25) is 4.79 Å². The minimum absolute atomic E-state index is 0.0642. The molecule has 1 aliphatic heterocycles. The molecule has 1 aliphatic rings. The van der Waals surface area contributed by atoms with Crippen LogP contribution in [0.4, 0.5) is 5.69 Å². The predicted molar refractivity (Wildman–Crippen MR) is 116 cm³/mol. The summed E-state index contributed by atoms with van der Waals surface area (Å²) < 4.78 is 0. The third-order valence-electron chi connectivity index (χ3n) is 4.84. The molecule has 0 bridgehead atoms. The van der Waals surface area contributed by atoms with E-state index < -0.39 is 0 Å². The van der Waals surface area contributed by atoms with Crippen molar-refractivity contribution in [3.63, 3.8) is 0 Å². The minimum Gasteiger partial charge on any atom is -0.368 e. The number of hydrogen-bond donors (Lipinski definition) is 0. The van der Waals surface area contributed by atoms with Gasteiger partial charge in [0.15, 0.2) is 0 Å². The van der Waals surface area contributed by atoms with Gasteiger partial charge in [0, 0.05) is 46.8 Å². The first kappa shape index (κ1) is 20.4. The topological polar surface area (TPSA) is 23.6 Å². The van der Waals surface area contributed by atoms with Gasteiger partial charge in [-0.1, -0.05) is 36.2 Å². The molecule has 3 nitrogen and oxygen atoms in total. The van der Waals surface area contributed by atoms with E-state index >= 15 is 0 Å². The largest absolute Gasteiger partial charge is 0.368 e. The molecular weight excluding hydrogens is 399 g/mol. The number of carbonyl (C=O) groups excluding carboxylic acids is 1. The number of aryl methyl sites for hydroxylation is 1. The SMILES string of the molecule is CC[C@@H](Sc1ccc(Cl)cc1)C(=O)N1CCN(c2cc(Cl)ccc2C)CC1. The van der Waals surface area contributed by atoms with Crippen molar-refractivity contribution in [1.29, 1.82) is 0 Å². The summed E-state index contributed by atoms with van der Waals surface area (Å²) in [4.78, 5) is 18.4. The Labute approximate surface area is 175 Å². The van der Waals surface area contributed by atoms with Crippen molar-refractivity contribution in [3.8, 4) is 0 Å². The van der Waals surface area contributed by atoms with E-state index in [0.29, 0.717) is 5.02 Å². The summed E-state index contributed by atoms with van der Waals surface area (Å²) in [5.74, 6) is 0.222. The fraction of sp³-hybridized carbons (Fsp3) is 0.381. The highest BCUT2D eigenvalue weighted by molar-refractivity contribution is 8.00. The van der Waals surface area contributed by atoms with Gasteiger partial charge >= 0.3 is 0 Å². The van der Waals surface area contributed by atoms with Crippen LogP contribution in [-0.2, 0) is 4.79 Å². The van der Waals surface area contributed by atoms with Crippen LogP contribution < -0.4 is 4.90 Å². The van der Waals surface area contributed by atoms with E-state index in [1.807, 2.05) is 47.4 Å². The molecule has 2 aromatic rings. The van der Waals surface area contributed by atoms with Crippen LogP contribution in [-0.4, -0.2) is 42.2 Å². The number of rotatable bonds is 5. The molecule has 1 amide bonds. The molecule has 0 unspecified atom stereocenters. The number of nitrogens with zero attached hydrogens (tertiary/aromatic N) is 2. The number of hydrogen-bond acceptors (Lipinski definition) is 3. The van der Waals surface area contributed by atoms with Gasteiger partial charge in [0.05, 0.1) is 5.25 Å².